The van der Waals surface area contributed by atoms with Crippen molar-refractivity contribution in [2.45, 2.75) is 45.4 Å². The van der Waals surface area contributed by atoms with Crippen LogP contribution in [-0.4, -0.2) is 0 Å². The molecule has 0 N–H and O–H groups in total. The highest BCUT2D eigenvalue weighted by atomic mass is 15.1. The largest absolute Gasteiger partial charge is 0.310 e. The second-order valence-electron chi connectivity index (χ2n) is 15.4. The third-order valence-corrected chi connectivity index (χ3v) is 11.0. The lowest BCUT2D eigenvalue weighted by Crippen LogP contribution is -2.17. The lowest BCUT2D eigenvalue weighted by atomic mass is 9.82. The SMILES string of the molecule is CC(C)(C)c1ccc(N(c2ccc(-c3ccc4c5ccccc5c5ccccc5c4c3)cc2)c2ccc3c(c2)C(C)(C)c2ccccc2-3)cc1. The van der Waals surface area contributed by atoms with Gasteiger partial charge in [-0.25, -0.2) is 0 Å². The Bertz CT molecular complexity index is 2550. The molecule has 1 aliphatic rings. The van der Waals surface area contributed by atoms with Crippen LogP contribution in [0.25, 0.3) is 54.6 Å². The highest BCUT2D eigenvalue weighted by molar-refractivity contribution is 6.25. The van der Waals surface area contributed by atoms with Crippen LogP contribution in [0.2, 0.25) is 0 Å². The van der Waals surface area contributed by atoms with E-state index >= 15 is 0 Å². The summed E-state index contributed by atoms with van der Waals surface area (Å²) in [6.07, 6.45) is 0. The molecule has 0 fully saturated rings. The van der Waals surface area contributed by atoms with Gasteiger partial charge in [-0.1, -0.05) is 150 Å². The van der Waals surface area contributed by atoms with Crippen LogP contribution in [0.3, 0.4) is 0 Å². The molecule has 9 rings (SSSR count). The van der Waals surface area contributed by atoms with Gasteiger partial charge in [-0.15, -0.1) is 0 Å². The zero-order valence-corrected chi connectivity index (χ0v) is 29.5. The number of rotatable bonds is 4. The summed E-state index contributed by atoms with van der Waals surface area (Å²) < 4.78 is 0. The Morgan fingerprint density at radius 2 is 0.880 bits per heavy atom. The molecule has 0 spiro atoms. The van der Waals surface area contributed by atoms with Crippen molar-refractivity contribution in [2.75, 3.05) is 4.90 Å². The maximum absolute atomic E-state index is 2.42. The predicted molar refractivity (Wildman–Crippen MR) is 215 cm³/mol. The Kier molecular flexibility index (Phi) is 6.80. The number of hydrogen-bond donors (Lipinski definition) is 0. The lowest BCUT2D eigenvalue weighted by Gasteiger charge is -2.29. The summed E-state index contributed by atoms with van der Waals surface area (Å²) in [5.74, 6) is 0. The van der Waals surface area contributed by atoms with Gasteiger partial charge in [0.2, 0.25) is 0 Å². The fourth-order valence-electron chi connectivity index (χ4n) is 8.28. The number of hydrogen-bond acceptors (Lipinski definition) is 1. The molecule has 0 bridgehead atoms. The first-order valence-corrected chi connectivity index (χ1v) is 17.8. The van der Waals surface area contributed by atoms with Crippen molar-refractivity contribution >= 4 is 49.4 Å². The van der Waals surface area contributed by atoms with Crippen LogP contribution in [0.1, 0.15) is 51.3 Å². The minimum absolute atomic E-state index is 0.0703. The van der Waals surface area contributed by atoms with E-state index in [1.807, 2.05) is 0 Å². The molecule has 8 aromatic rings. The van der Waals surface area contributed by atoms with E-state index in [2.05, 4.69) is 197 Å². The number of nitrogens with zero attached hydrogens (tertiary/aromatic N) is 1. The van der Waals surface area contributed by atoms with Crippen molar-refractivity contribution in [3.8, 4) is 22.3 Å². The number of benzene rings is 8. The molecule has 0 aromatic heterocycles. The van der Waals surface area contributed by atoms with Crippen molar-refractivity contribution in [1.82, 2.24) is 0 Å². The van der Waals surface area contributed by atoms with Crippen LogP contribution in [-0.2, 0) is 10.8 Å². The standard InChI is InChI=1S/C49H41N/c1-48(2,3)34-21-25-36(26-22-34)50(37-27-29-44-43-16-10-11-17-46(43)49(4,5)47(44)31-37)35-23-18-32(19-24-35)33-20-28-42-40-14-7-6-12-38(40)39-13-8-9-15-41(39)45(42)30-33/h6-31H,1-5H3. The monoisotopic (exact) mass is 643 g/mol. The average molecular weight is 644 g/mol. The van der Waals surface area contributed by atoms with Crippen LogP contribution >= 0.6 is 0 Å². The van der Waals surface area contributed by atoms with Gasteiger partial charge in [-0.2, -0.15) is 0 Å². The van der Waals surface area contributed by atoms with Gasteiger partial charge in [-0.05, 0) is 119 Å². The van der Waals surface area contributed by atoms with E-state index in [-0.39, 0.29) is 10.8 Å². The second kappa shape index (κ2) is 11.2. The topological polar surface area (TPSA) is 3.24 Å². The Morgan fingerprint density at radius 1 is 0.400 bits per heavy atom. The van der Waals surface area contributed by atoms with Crippen LogP contribution in [0, 0.1) is 0 Å². The van der Waals surface area contributed by atoms with E-state index in [0.717, 1.165) is 11.4 Å². The maximum Gasteiger partial charge on any atom is 0.0465 e. The molecular formula is C49H41N. The van der Waals surface area contributed by atoms with Gasteiger partial charge in [0.05, 0.1) is 0 Å². The third-order valence-electron chi connectivity index (χ3n) is 11.0. The number of anilines is 3. The Balaban J connectivity index is 1.16. The predicted octanol–water partition coefficient (Wildman–Crippen LogP) is 13.9. The van der Waals surface area contributed by atoms with Gasteiger partial charge >= 0.3 is 0 Å². The summed E-state index contributed by atoms with van der Waals surface area (Å²) in [5.41, 5.74) is 12.7. The molecule has 50 heavy (non-hydrogen) atoms. The Hall–Kier alpha value is -5.66. The fourth-order valence-corrected chi connectivity index (χ4v) is 8.28. The summed E-state index contributed by atoms with van der Waals surface area (Å²) in [7, 11) is 0. The van der Waals surface area contributed by atoms with Gasteiger partial charge in [0.25, 0.3) is 0 Å². The molecular weight excluding hydrogens is 603 g/mol. The first kappa shape index (κ1) is 30.4. The Labute approximate surface area is 295 Å². The lowest BCUT2D eigenvalue weighted by molar-refractivity contribution is 0.590. The summed E-state index contributed by atoms with van der Waals surface area (Å²) in [6, 6.07) is 58.7. The van der Waals surface area contributed by atoms with Crippen molar-refractivity contribution in [2.24, 2.45) is 0 Å². The van der Waals surface area contributed by atoms with E-state index < -0.39 is 0 Å². The highest BCUT2D eigenvalue weighted by Crippen LogP contribution is 2.50. The third kappa shape index (κ3) is 4.76. The highest BCUT2D eigenvalue weighted by Gasteiger charge is 2.35. The fraction of sp³-hybridized carbons (Fsp3) is 0.143. The molecule has 0 saturated heterocycles. The molecule has 8 aromatic carbocycles. The molecule has 1 nitrogen and oxygen atoms in total. The smallest absolute Gasteiger partial charge is 0.0465 e. The molecule has 0 unspecified atom stereocenters. The summed E-state index contributed by atoms with van der Waals surface area (Å²) in [5, 5.41) is 7.80. The minimum atomic E-state index is -0.0703. The molecule has 1 aliphatic carbocycles. The zero-order valence-electron chi connectivity index (χ0n) is 29.5. The van der Waals surface area contributed by atoms with Crippen molar-refractivity contribution < 1.29 is 0 Å². The molecule has 0 saturated carbocycles. The van der Waals surface area contributed by atoms with Crippen molar-refractivity contribution in [3.63, 3.8) is 0 Å². The van der Waals surface area contributed by atoms with E-state index in [0.29, 0.717) is 0 Å². The summed E-state index contributed by atoms with van der Waals surface area (Å²) in [4.78, 5) is 2.41. The Morgan fingerprint density at radius 3 is 1.50 bits per heavy atom. The molecule has 242 valence electrons. The van der Waals surface area contributed by atoms with Crippen LogP contribution in [0.15, 0.2) is 158 Å². The first-order valence-electron chi connectivity index (χ1n) is 17.8. The quantitative estimate of drug-likeness (QED) is 0.173. The van der Waals surface area contributed by atoms with E-state index in [1.165, 1.54) is 76.9 Å². The van der Waals surface area contributed by atoms with Gasteiger partial charge in [-0.3, -0.25) is 0 Å². The van der Waals surface area contributed by atoms with Crippen LogP contribution in [0.5, 0.6) is 0 Å². The molecule has 0 heterocycles. The maximum atomic E-state index is 2.42. The van der Waals surface area contributed by atoms with Gasteiger partial charge in [0, 0.05) is 22.5 Å². The summed E-state index contributed by atoms with van der Waals surface area (Å²) >= 11 is 0. The average Bonchev–Trinajstić information content (AvgIpc) is 3.37. The zero-order chi connectivity index (χ0) is 34.2. The minimum Gasteiger partial charge on any atom is -0.310 e. The van der Waals surface area contributed by atoms with E-state index in [9.17, 15) is 0 Å². The van der Waals surface area contributed by atoms with Gasteiger partial charge in [0.15, 0.2) is 0 Å². The molecule has 0 aliphatic heterocycles. The molecule has 0 atom stereocenters. The molecule has 0 radical (unpaired) electrons. The van der Waals surface area contributed by atoms with E-state index in [4.69, 9.17) is 0 Å². The first-order chi connectivity index (χ1) is 24.2. The van der Waals surface area contributed by atoms with Crippen LogP contribution in [0.4, 0.5) is 17.1 Å². The summed E-state index contributed by atoms with van der Waals surface area (Å²) in [6.45, 7) is 11.5. The van der Waals surface area contributed by atoms with Crippen molar-refractivity contribution in [3.05, 3.63) is 174 Å². The van der Waals surface area contributed by atoms with Crippen molar-refractivity contribution in [1.29, 1.82) is 0 Å². The molecule has 1 heteroatoms. The van der Waals surface area contributed by atoms with Crippen LogP contribution < -0.4 is 4.90 Å². The number of fused-ring (bicyclic) bond motifs is 9. The normalized spacial score (nSPS) is 13.5. The van der Waals surface area contributed by atoms with Gasteiger partial charge < -0.3 is 4.90 Å². The van der Waals surface area contributed by atoms with E-state index in [1.54, 1.807) is 0 Å². The van der Waals surface area contributed by atoms with Gasteiger partial charge in [0.1, 0.15) is 0 Å². The molecule has 0 amide bonds. The second-order valence-corrected chi connectivity index (χ2v) is 15.4.